The molecule has 4 amide bonds. The monoisotopic (exact) mass is 301 g/mol. The summed E-state index contributed by atoms with van der Waals surface area (Å²) >= 11 is 0. The maximum Gasteiger partial charge on any atom is 0.337 e. The summed E-state index contributed by atoms with van der Waals surface area (Å²) in [6.45, 7) is 3.25. The summed E-state index contributed by atoms with van der Waals surface area (Å²) in [6, 6.07) is -0.676. The van der Waals surface area contributed by atoms with Crippen LogP contribution < -0.4 is 10.6 Å². The van der Waals surface area contributed by atoms with Gasteiger partial charge in [0.05, 0.1) is 6.54 Å². The molecule has 2 unspecified atom stereocenters. The lowest BCUT2D eigenvalue weighted by molar-refractivity contribution is -0.156. The van der Waals surface area contributed by atoms with Crippen molar-refractivity contribution in [3.63, 3.8) is 0 Å². The zero-order valence-electron chi connectivity index (χ0n) is 12.1. The largest absolute Gasteiger partial charge is 0.479 e. The SMILES string of the molecule is CCC1(C)NC(=O)N(CC(=O)NCC(C)(O)C(=O)O)C1=O. The molecule has 1 aliphatic rings. The summed E-state index contributed by atoms with van der Waals surface area (Å²) in [7, 11) is 0. The van der Waals surface area contributed by atoms with Crippen molar-refractivity contribution >= 4 is 23.8 Å². The molecule has 21 heavy (non-hydrogen) atoms. The zero-order chi connectivity index (χ0) is 16.4. The number of nitrogens with one attached hydrogen (secondary N) is 2. The molecule has 0 aromatic heterocycles. The fourth-order valence-corrected chi connectivity index (χ4v) is 1.68. The number of aliphatic carboxylic acids is 1. The Morgan fingerprint density at radius 2 is 2.00 bits per heavy atom. The van der Waals surface area contributed by atoms with E-state index in [1.165, 1.54) is 0 Å². The summed E-state index contributed by atoms with van der Waals surface area (Å²) in [5.74, 6) is -2.74. The van der Waals surface area contributed by atoms with E-state index in [-0.39, 0.29) is 0 Å². The highest BCUT2D eigenvalue weighted by atomic mass is 16.4. The van der Waals surface area contributed by atoms with Crippen molar-refractivity contribution in [3.8, 4) is 0 Å². The highest BCUT2D eigenvalue weighted by molar-refractivity contribution is 6.08. The lowest BCUT2D eigenvalue weighted by atomic mass is 9.99. The van der Waals surface area contributed by atoms with Gasteiger partial charge in [0.1, 0.15) is 12.1 Å². The number of urea groups is 1. The number of carbonyl (C=O) groups is 4. The Morgan fingerprint density at radius 3 is 2.43 bits per heavy atom. The number of imide groups is 1. The number of rotatable bonds is 6. The molecule has 9 heteroatoms. The molecule has 0 saturated carbocycles. The van der Waals surface area contributed by atoms with Crippen LogP contribution in [0, 0.1) is 0 Å². The van der Waals surface area contributed by atoms with Gasteiger partial charge in [-0.25, -0.2) is 9.59 Å². The molecule has 0 bridgehead atoms. The fourth-order valence-electron chi connectivity index (χ4n) is 1.68. The molecule has 0 aliphatic carbocycles. The number of carbonyl (C=O) groups excluding carboxylic acids is 3. The summed E-state index contributed by atoms with van der Waals surface area (Å²) in [5, 5.41) is 22.8. The summed E-state index contributed by atoms with van der Waals surface area (Å²) in [4.78, 5) is 46.8. The standard InChI is InChI=1S/C12H19N3O6/c1-4-11(2)8(17)15(10(20)14-11)5-7(16)13-6-12(3,21)9(18)19/h21H,4-6H2,1-3H3,(H,13,16)(H,14,20)(H,18,19). The van der Waals surface area contributed by atoms with E-state index in [9.17, 15) is 24.3 Å². The lowest BCUT2D eigenvalue weighted by Gasteiger charge is -2.20. The van der Waals surface area contributed by atoms with Crippen LogP contribution in [0.3, 0.4) is 0 Å². The quantitative estimate of drug-likeness (QED) is 0.448. The van der Waals surface area contributed by atoms with Crippen LogP contribution in [-0.4, -0.2) is 63.2 Å². The number of hydrogen-bond donors (Lipinski definition) is 4. The summed E-state index contributed by atoms with van der Waals surface area (Å²) in [5.41, 5.74) is -3.16. The average Bonchev–Trinajstić information content (AvgIpc) is 2.61. The van der Waals surface area contributed by atoms with Gasteiger partial charge in [0, 0.05) is 0 Å². The van der Waals surface area contributed by atoms with E-state index >= 15 is 0 Å². The van der Waals surface area contributed by atoms with Crippen LogP contribution in [0.5, 0.6) is 0 Å². The van der Waals surface area contributed by atoms with Gasteiger partial charge < -0.3 is 20.8 Å². The third-order valence-electron chi connectivity index (χ3n) is 3.44. The Labute approximate surface area is 121 Å². The van der Waals surface area contributed by atoms with Crippen molar-refractivity contribution in [3.05, 3.63) is 0 Å². The molecule has 1 heterocycles. The first-order valence-electron chi connectivity index (χ1n) is 6.40. The molecule has 0 aromatic rings. The molecule has 1 fully saturated rings. The minimum Gasteiger partial charge on any atom is -0.479 e. The number of carboxylic acids is 1. The minimum absolute atomic E-state index is 0.378. The third kappa shape index (κ3) is 3.48. The molecule has 0 radical (unpaired) electrons. The van der Waals surface area contributed by atoms with E-state index in [1.807, 2.05) is 0 Å². The number of aliphatic hydroxyl groups is 1. The Bertz CT molecular complexity index is 489. The van der Waals surface area contributed by atoms with Gasteiger partial charge in [0.2, 0.25) is 5.91 Å². The van der Waals surface area contributed by atoms with Crippen molar-refractivity contribution in [2.75, 3.05) is 13.1 Å². The normalized spacial score (nSPS) is 24.5. The summed E-state index contributed by atoms with van der Waals surface area (Å²) in [6.07, 6.45) is 0.378. The van der Waals surface area contributed by atoms with E-state index in [1.54, 1.807) is 13.8 Å². The second-order valence-electron chi connectivity index (χ2n) is 5.36. The van der Waals surface area contributed by atoms with Crippen LogP contribution in [0.1, 0.15) is 27.2 Å². The average molecular weight is 301 g/mol. The van der Waals surface area contributed by atoms with Crippen LogP contribution in [0.4, 0.5) is 4.79 Å². The Morgan fingerprint density at radius 1 is 1.43 bits per heavy atom. The Kier molecular flexibility index (Phi) is 4.57. The van der Waals surface area contributed by atoms with E-state index in [4.69, 9.17) is 5.11 Å². The van der Waals surface area contributed by atoms with E-state index in [2.05, 4.69) is 10.6 Å². The van der Waals surface area contributed by atoms with Crippen LogP contribution in [0.25, 0.3) is 0 Å². The van der Waals surface area contributed by atoms with Crippen molar-refractivity contribution < 1.29 is 29.4 Å². The lowest BCUT2D eigenvalue weighted by Crippen LogP contribution is -2.49. The van der Waals surface area contributed by atoms with Crippen molar-refractivity contribution in [2.24, 2.45) is 0 Å². The molecule has 9 nitrogen and oxygen atoms in total. The molecular weight excluding hydrogens is 282 g/mol. The zero-order valence-corrected chi connectivity index (χ0v) is 12.1. The van der Waals surface area contributed by atoms with Crippen molar-refractivity contribution in [1.29, 1.82) is 0 Å². The minimum atomic E-state index is -2.12. The number of hydrogen-bond acceptors (Lipinski definition) is 5. The third-order valence-corrected chi connectivity index (χ3v) is 3.44. The highest BCUT2D eigenvalue weighted by Gasteiger charge is 2.47. The predicted octanol–water partition coefficient (Wildman–Crippen LogP) is -1.34. The molecule has 0 aromatic carbocycles. The molecule has 0 spiro atoms. The molecule has 1 saturated heterocycles. The number of carboxylic acid groups (broad SMARTS) is 1. The number of amides is 4. The van der Waals surface area contributed by atoms with Gasteiger partial charge in [-0.15, -0.1) is 0 Å². The molecular formula is C12H19N3O6. The van der Waals surface area contributed by atoms with E-state index < -0.39 is 48.0 Å². The van der Waals surface area contributed by atoms with Crippen molar-refractivity contribution in [2.45, 2.75) is 38.3 Å². The van der Waals surface area contributed by atoms with E-state index in [0.29, 0.717) is 6.42 Å². The van der Waals surface area contributed by atoms with Gasteiger partial charge in [-0.3, -0.25) is 14.5 Å². The maximum absolute atomic E-state index is 12.0. The highest BCUT2D eigenvalue weighted by Crippen LogP contribution is 2.20. The van der Waals surface area contributed by atoms with Gasteiger partial charge in [0.15, 0.2) is 5.60 Å². The van der Waals surface area contributed by atoms with Gasteiger partial charge in [-0.05, 0) is 20.3 Å². The maximum atomic E-state index is 12.0. The van der Waals surface area contributed by atoms with E-state index in [0.717, 1.165) is 11.8 Å². The molecule has 1 aliphatic heterocycles. The Hall–Kier alpha value is -2.16. The van der Waals surface area contributed by atoms with Crippen LogP contribution in [-0.2, 0) is 14.4 Å². The summed E-state index contributed by atoms with van der Waals surface area (Å²) < 4.78 is 0. The van der Waals surface area contributed by atoms with Crippen LogP contribution in [0.2, 0.25) is 0 Å². The predicted molar refractivity (Wildman–Crippen MR) is 70.2 cm³/mol. The second kappa shape index (κ2) is 5.68. The number of nitrogens with zero attached hydrogens (tertiary/aromatic N) is 1. The molecule has 4 N–H and O–H groups in total. The smallest absolute Gasteiger partial charge is 0.337 e. The second-order valence-corrected chi connectivity index (χ2v) is 5.36. The fraction of sp³-hybridized carbons (Fsp3) is 0.667. The van der Waals surface area contributed by atoms with Gasteiger partial charge in [-0.1, -0.05) is 6.92 Å². The van der Waals surface area contributed by atoms with Crippen molar-refractivity contribution in [1.82, 2.24) is 15.5 Å². The van der Waals surface area contributed by atoms with Gasteiger partial charge in [0.25, 0.3) is 5.91 Å². The topological polar surface area (TPSA) is 136 Å². The Balaban J connectivity index is 2.62. The van der Waals surface area contributed by atoms with Crippen LogP contribution >= 0.6 is 0 Å². The molecule has 118 valence electrons. The van der Waals surface area contributed by atoms with Gasteiger partial charge in [-0.2, -0.15) is 0 Å². The van der Waals surface area contributed by atoms with Crippen LogP contribution in [0.15, 0.2) is 0 Å². The van der Waals surface area contributed by atoms with Gasteiger partial charge >= 0.3 is 12.0 Å². The molecule has 1 rings (SSSR count). The first-order chi connectivity index (χ1) is 9.53. The first-order valence-corrected chi connectivity index (χ1v) is 6.40. The first kappa shape index (κ1) is 16.9. The molecule has 2 atom stereocenters.